The molecule has 0 bridgehead atoms. The van der Waals surface area contributed by atoms with Crippen molar-refractivity contribution in [1.82, 2.24) is 14.5 Å². The summed E-state index contributed by atoms with van der Waals surface area (Å²) >= 11 is 7.77. The molecule has 12 heteroatoms. The first-order chi connectivity index (χ1) is 15.7. The molecule has 1 saturated heterocycles. The van der Waals surface area contributed by atoms with Gasteiger partial charge >= 0.3 is 12.4 Å². The van der Waals surface area contributed by atoms with Crippen molar-refractivity contribution in [3.8, 4) is 5.75 Å². The number of alkyl halides is 3. The molecule has 0 atom stereocenters. The predicted octanol–water partition coefficient (Wildman–Crippen LogP) is 5.64. The number of urea groups is 1. The predicted molar refractivity (Wildman–Crippen MR) is 125 cm³/mol. The van der Waals surface area contributed by atoms with Crippen molar-refractivity contribution in [3.05, 3.63) is 53.1 Å². The number of amides is 2. The van der Waals surface area contributed by atoms with Gasteiger partial charge in [0.05, 0.1) is 11.9 Å². The molecule has 1 N–H and O–H groups in total. The number of nitrogens with zero attached hydrogens (tertiary/aromatic N) is 4. The van der Waals surface area contributed by atoms with Gasteiger partial charge in [0.25, 0.3) is 0 Å². The molecular formula is C21H19BrF3N5O2S. The summed E-state index contributed by atoms with van der Waals surface area (Å²) in [4.78, 5) is 14.8. The van der Waals surface area contributed by atoms with Crippen LogP contribution in [0, 0.1) is 0 Å². The number of hydrogen-bond acceptors (Lipinski definition) is 6. The van der Waals surface area contributed by atoms with E-state index in [2.05, 4.69) is 53.9 Å². The molecule has 2 amide bonds. The van der Waals surface area contributed by atoms with E-state index in [4.69, 9.17) is 0 Å². The van der Waals surface area contributed by atoms with Crippen LogP contribution in [-0.2, 0) is 0 Å². The van der Waals surface area contributed by atoms with Crippen molar-refractivity contribution >= 4 is 57.1 Å². The van der Waals surface area contributed by atoms with Crippen molar-refractivity contribution in [2.45, 2.75) is 25.2 Å². The minimum atomic E-state index is -4.87. The van der Waals surface area contributed by atoms with Gasteiger partial charge in [0.1, 0.15) is 0 Å². The number of hydrogen-bond donors (Lipinski definition) is 2. The van der Waals surface area contributed by atoms with Crippen molar-refractivity contribution in [2.75, 3.05) is 23.3 Å². The number of ether oxygens (including phenoxy) is 1. The first kappa shape index (κ1) is 23.4. The molecule has 0 aliphatic carbocycles. The fraction of sp³-hybridized carbons (Fsp3) is 0.286. The second-order valence-corrected chi connectivity index (χ2v) is 8.78. The number of halogens is 4. The first-order valence-corrected chi connectivity index (χ1v) is 11.2. The van der Waals surface area contributed by atoms with Gasteiger partial charge in [-0.1, -0.05) is 40.9 Å². The number of piperidine rings is 1. The van der Waals surface area contributed by atoms with E-state index in [1.807, 2.05) is 18.2 Å². The van der Waals surface area contributed by atoms with Gasteiger partial charge in [-0.2, -0.15) is 5.10 Å². The maximum atomic E-state index is 12.6. The Labute approximate surface area is 201 Å². The minimum absolute atomic E-state index is 0.0894. The van der Waals surface area contributed by atoms with Crippen LogP contribution in [-0.4, -0.2) is 46.0 Å². The van der Waals surface area contributed by atoms with Crippen molar-refractivity contribution in [3.63, 3.8) is 0 Å². The Morgan fingerprint density at radius 1 is 1.21 bits per heavy atom. The molecule has 0 saturated carbocycles. The van der Waals surface area contributed by atoms with E-state index >= 15 is 0 Å². The van der Waals surface area contributed by atoms with Crippen LogP contribution in [0.2, 0.25) is 0 Å². The Kier molecular flexibility index (Phi) is 6.84. The van der Waals surface area contributed by atoms with Gasteiger partial charge in [-0.25, -0.2) is 4.79 Å². The van der Waals surface area contributed by atoms with E-state index in [1.54, 1.807) is 6.20 Å². The Hall–Kier alpha value is -2.73. The van der Waals surface area contributed by atoms with Gasteiger partial charge in [0.2, 0.25) is 0 Å². The Morgan fingerprint density at radius 3 is 2.67 bits per heavy atom. The fourth-order valence-corrected chi connectivity index (χ4v) is 4.38. The van der Waals surface area contributed by atoms with E-state index in [1.165, 1.54) is 22.5 Å². The van der Waals surface area contributed by atoms with E-state index < -0.39 is 18.1 Å². The minimum Gasteiger partial charge on any atom is -0.404 e. The molecule has 3 aromatic rings. The van der Waals surface area contributed by atoms with Gasteiger partial charge < -0.3 is 15.0 Å². The fourth-order valence-electron chi connectivity index (χ4n) is 3.72. The van der Waals surface area contributed by atoms with Gasteiger partial charge in [-0.3, -0.25) is 4.31 Å². The third kappa shape index (κ3) is 5.61. The zero-order chi connectivity index (χ0) is 23.6. The number of nitrogens with one attached hydrogen (secondary N) is 1. The number of rotatable bonds is 4. The maximum Gasteiger partial charge on any atom is 0.573 e. The number of aromatic nitrogens is 2. The number of anilines is 2. The lowest BCUT2D eigenvalue weighted by Gasteiger charge is -2.36. The summed E-state index contributed by atoms with van der Waals surface area (Å²) in [6.45, 7) is 1.24. The summed E-state index contributed by atoms with van der Waals surface area (Å²) in [7, 11) is 0. The molecule has 1 aromatic heterocycles. The molecule has 2 aromatic carbocycles. The Balaban J connectivity index is 1.40. The summed E-state index contributed by atoms with van der Waals surface area (Å²) in [6.07, 6.45) is -1.95. The first-order valence-electron chi connectivity index (χ1n) is 10.0. The smallest absolute Gasteiger partial charge is 0.404 e. The van der Waals surface area contributed by atoms with Crippen LogP contribution in [0.15, 0.2) is 53.1 Å². The maximum absolute atomic E-state index is 12.6. The summed E-state index contributed by atoms with van der Waals surface area (Å²) in [5.41, 5.74) is -0.0894. The third-order valence-corrected chi connectivity index (χ3v) is 6.28. The lowest BCUT2D eigenvalue weighted by molar-refractivity contribution is -0.274. The molecule has 0 unspecified atom stereocenters. The van der Waals surface area contributed by atoms with E-state index in [9.17, 15) is 18.0 Å². The van der Waals surface area contributed by atoms with Crippen LogP contribution in [0.4, 0.5) is 29.5 Å². The van der Waals surface area contributed by atoms with Crippen LogP contribution in [0.5, 0.6) is 5.75 Å². The zero-order valence-electron chi connectivity index (χ0n) is 17.1. The second kappa shape index (κ2) is 9.64. The molecule has 0 radical (unpaired) electrons. The molecular weight excluding hydrogens is 523 g/mol. The molecule has 2 heterocycles. The monoisotopic (exact) mass is 541 g/mol. The normalized spacial score (nSPS) is 14.9. The standard InChI is InChI=1S/C21H19BrF3N5O2S/c22-14-5-6-16-13(11-14)12-26-28-19(16)29-9-7-15(8-10-29)30(33)20(31)27-17-3-1-2-4-18(17)32-21(23,24)25/h1-6,11-12,15,33H,7-10H2,(H,27,31). The SMILES string of the molecule is O=C(Nc1ccccc1OC(F)(F)F)N(S)C1CCN(c2nncc3cc(Br)ccc23)CC1. The van der Waals surface area contributed by atoms with E-state index in [0.717, 1.165) is 27.1 Å². The average molecular weight is 542 g/mol. The molecule has 4 rings (SSSR count). The van der Waals surface area contributed by atoms with Crippen molar-refractivity contribution < 1.29 is 22.7 Å². The van der Waals surface area contributed by atoms with Crippen molar-refractivity contribution in [2.24, 2.45) is 0 Å². The highest BCUT2D eigenvalue weighted by Gasteiger charge is 2.33. The summed E-state index contributed by atoms with van der Waals surface area (Å²) in [5.74, 6) is 0.280. The Morgan fingerprint density at radius 2 is 1.94 bits per heavy atom. The van der Waals surface area contributed by atoms with E-state index in [0.29, 0.717) is 25.9 Å². The number of thiol groups is 1. The number of benzene rings is 2. The lowest BCUT2D eigenvalue weighted by Crippen LogP contribution is -2.45. The third-order valence-electron chi connectivity index (χ3n) is 5.28. The van der Waals surface area contributed by atoms with Gasteiger partial charge in [0.15, 0.2) is 11.6 Å². The van der Waals surface area contributed by atoms with E-state index in [-0.39, 0.29) is 11.7 Å². The number of carbonyl (C=O) groups excluding carboxylic acids is 1. The van der Waals surface area contributed by atoms with Crippen molar-refractivity contribution in [1.29, 1.82) is 0 Å². The summed E-state index contributed by atoms with van der Waals surface area (Å²) < 4.78 is 44.0. The van der Waals surface area contributed by atoms with Crippen LogP contribution in [0.25, 0.3) is 10.8 Å². The molecule has 7 nitrogen and oxygen atoms in total. The highest BCUT2D eigenvalue weighted by Crippen LogP contribution is 2.32. The lowest BCUT2D eigenvalue weighted by atomic mass is 10.0. The van der Waals surface area contributed by atoms with Gasteiger partial charge in [-0.15, -0.1) is 18.3 Å². The van der Waals surface area contributed by atoms with Gasteiger partial charge in [0, 0.05) is 34.4 Å². The average Bonchev–Trinajstić information content (AvgIpc) is 2.78. The number of para-hydroxylation sites is 2. The Bertz CT molecular complexity index is 1160. The highest BCUT2D eigenvalue weighted by atomic mass is 79.9. The molecule has 1 aliphatic rings. The summed E-state index contributed by atoms with van der Waals surface area (Å²) in [5, 5.41) is 12.8. The highest BCUT2D eigenvalue weighted by molar-refractivity contribution is 9.10. The number of fused-ring (bicyclic) bond motifs is 1. The summed E-state index contributed by atoms with van der Waals surface area (Å²) in [6, 6.07) is 10.4. The zero-order valence-corrected chi connectivity index (χ0v) is 19.6. The van der Waals surface area contributed by atoms with Crippen LogP contribution < -0.4 is 15.0 Å². The molecule has 1 fully saturated rings. The van der Waals surface area contributed by atoms with Crippen LogP contribution >= 0.6 is 28.7 Å². The molecule has 33 heavy (non-hydrogen) atoms. The topological polar surface area (TPSA) is 70.6 Å². The van der Waals surface area contributed by atoms with Crippen LogP contribution in [0.3, 0.4) is 0 Å². The second-order valence-electron chi connectivity index (χ2n) is 7.44. The van der Waals surface area contributed by atoms with Gasteiger partial charge in [-0.05, 0) is 43.2 Å². The molecule has 1 aliphatic heterocycles. The molecule has 174 valence electrons. The number of carbonyl (C=O) groups is 1. The molecule has 0 spiro atoms. The quantitative estimate of drug-likeness (QED) is 0.418. The van der Waals surface area contributed by atoms with Crippen LogP contribution in [0.1, 0.15) is 12.8 Å². The largest absolute Gasteiger partial charge is 0.573 e.